The lowest BCUT2D eigenvalue weighted by molar-refractivity contribution is 0.342. The fourth-order valence-corrected chi connectivity index (χ4v) is 2.72. The molecule has 0 aliphatic heterocycles. The van der Waals surface area contributed by atoms with Crippen LogP contribution in [0, 0.1) is 5.82 Å². The van der Waals surface area contributed by atoms with E-state index in [0.29, 0.717) is 22.1 Å². The zero-order valence-corrected chi connectivity index (χ0v) is 12.1. The number of anilines is 1. The number of halogens is 2. The average Bonchev–Trinajstić information content (AvgIpc) is 2.44. The number of nitrogen functional groups attached to an aromatic ring is 1. The van der Waals surface area contributed by atoms with Crippen molar-refractivity contribution in [3.63, 3.8) is 0 Å². The maximum absolute atomic E-state index is 13.0. The van der Waals surface area contributed by atoms with E-state index in [1.165, 1.54) is 18.2 Å². The van der Waals surface area contributed by atoms with Crippen LogP contribution >= 0.6 is 11.6 Å². The van der Waals surface area contributed by atoms with Crippen molar-refractivity contribution in [2.75, 3.05) is 18.1 Å². The molecular weight excluding hydrogens is 301 g/mol. The van der Waals surface area contributed by atoms with Gasteiger partial charge in [-0.1, -0.05) is 11.6 Å². The van der Waals surface area contributed by atoms with E-state index in [1.54, 1.807) is 24.3 Å². The lowest BCUT2D eigenvalue weighted by Gasteiger charge is -2.07. The van der Waals surface area contributed by atoms with Gasteiger partial charge in [0.1, 0.15) is 18.2 Å². The van der Waals surface area contributed by atoms with Crippen molar-refractivity contribution < 1.29 is 13.3 Å². The average molecular weight is 314 g/mol. The quantitative estimate of drug-likeness (QED) is 0.862. The summed E-state index contributed by atoms with van der Waals surface area (Å²) in [5.41, 5.74) is 6.21. The molecule has 0 spiro atoms. The number of rotatable bonds is 5. The molecule has 2 aromatic rings. The van der Waals surface area contributed by atoms with Crippen LogP contribution in [0.1, 0.15) is 0 Å². The molecule has 0 amide bonds. The first-order chi connectivity index (χ1) is 9.56. The Morgan fingerprint density at radius 1 is 1.20 bits per heavy atom. The van der Waals surface area contributed by atoms with Gasteiger partial charge in [0.15, 0.2) is 0 Å². The molecule has 1 atom stereocenters. The minimum Gasteiger partial charge on any atom is -0.493 e. The van der Waals surface area contributed by atoms with E-state index in [9.17, 15) is 8.60 Å². The third-order valence-electron chi connectivity index (χ3n) is 2.57. The predicted octanol–water partition coefficient (Wildman–Crippen LogP) is 3.25. The molecule has 0 saturated carbocycles. The van der Waals surface area contributed by atoms with E-state index >= 15 is 0 Å². The molecule has 0 aromatic heterocycles. The highest BCUT2D eigenvalue weighted by atomic mass is 35.5. The summed E-state index contributed by atoms with van der Waals surface area (Å²) >= 11 is 5.65. The Balaban J connectivity index is 1.88. The van der Waals surface area contributed by atoms with Crippen LogP contribution in [-0.2, 0) is 10.8 Å². The molecule has 2 aromatic carbocycles. The second-order valence-corrected chi connectivity index (χ2v) is 6.02. The second kappa shape index (κ2) is 6.72. The molecule has 0 bridgehead atoms. The Morgan fingerprint density at radius 3 is 2.55 bits per heavy atom. The van der Waals surface area contributed by atoms with Crippen molar-refractivity contribution in [3.8, 4) is 5.75 Å². The van der Waals surface area contributed by atoms with Crippen LogP contribution in [0.15, 0.2) is 47.4 Å². The fourth-order valence-electron chi connectivity index (χ4n) is 1.54. The van der Waals surface area contributed by atoms with Crippen molar-refractivity contribution in [1.82, 2.24) is 0 Å². The van der Waals surface area contributed by atoms with Crippen LogP contribution in [0.25, 0.3) is 0 Å². The summed E-state index contributed by atoms with van der Waals surface area (Å²) in [6.07, 6.45) is 0. The van der Waals surface area contributed by atoms with E-state index in [2.05, 4.69) is 0 Å². The molecule has 0 fully saturated rings. The molecule has 0 saturated heterocycles. The number of hydrogen-bond donors (Lipinski definition) is 1. The Labute approximate surface area is 124 Å². The molecule has 6 heteroatoms. The van der Waals surface area contributed by atoms with Gasteiger partial charge in [-0.2, -0.15) is 0 Å². The highest BCUT2D eigenvalue weighted by Crippen LogP contribution is 2.19. The minimum atomic E-state index is -1.28. The molecule has 1 unspecified atom stereocenters. The van der Waals surface area contributed by atoms with Gasteiger partial charge in [-0.25, -0.2) is 4.39 Å². The zero-order chi connectivity index (χ0) is 14.5. The van der Waals surface area contributed by atoms with Gasteiger partial charge in [0, 0.05) is 10.6 Å². The van der Waals surface area contributed by atoms with Crippen molar-refractivity contribution in [3.05, 3.63) is 53.3 Å². The monoisotopic (exact) mass is 313 g/mol. The topological polar surface area (TPSA) is 52.3 Å². The van der Waals surface area contributed by atoms with Gasteiger partial charge in [-0.05, 0) is 42.5 Å². The predicted molar refractivity (Wildman–Crippen MR) is 79.0 cm³/mol. The Kier molecular flexibility index (Phi) is 4.98. The molecule has 2 rings (SSSR count). The van der Waals surface area contributed by atoms with Crippen LogP contribution in [0.2, 0.25) is 5.02 Å². The summed E-state index contributed by atoms with van der Waals surface area (Å²) in [6, 6.07) is 11.0. The standard InChI is InChI=1S/C14H13ClFNO2S/c15-13-9-12(5-6-14(13)16)20(18)8-7-19-11-3-1-10(17)2-4-11/h1-6,9H,7-8,17H2. The Bertz CT molecular complexity index is 619. The van der Waals surface area contributed by atoms with Crippen LogP contribution in [0.3, 0.4) is 0 Å². The highest BCUT2D eigenvalue weighted by molar-refractivity contribution is 7.85. The Hall–Kier alpha value is -1.59. The summed E-state index contributed by atoms with van der Waals surface area (Å²) in [5.74, 6) is 0.436. The largest absolute Gasteiger partial charge is 0.493 e. The minimum absolute atomic E-state index is 0.0321. The first-order valence-corrected chi connectivity index (χ1v) is 7.58. The van der Waals surface area contributed by atoms with Gasteiger partial charge in [0.25, 0.3) is 0 Å². The maximum Gasteiger partial charge on any atom is 0.141 e. The molecule has 0 radical (unpaired) electrons. The number of ether oxygens (including phenoxy) is 1. The van der Waals surface area contributed by atoms with Gasteiger partial charge in [-0.15, -0.1) is 0 Å². The van der Waals surface area contributed by atoms with E-state index in [-0.39, 0.29) is 11.6 Å². The zero-order valence-electron chi connectivity index (χ0n) is 10.5. The smallest absolute Gasteiger partial charge is 0.141 e. The van der Waals surface area contributed by atoms with Gasteiger partial charge >= 0.3 is 0 Å². The number of hydrogen-bond acceptors (Lipinski definition) is 3. The molecule has 106 valence electrons. The van der Waals surface area contributed by atoms with Gasteiger partial charge in [-0.3, -0.25) is 4.21 Å². The second-order valence-electron chi connectivity index (χ2n) is 4.04. The van der Waals surface area contributed by atoms with Gasteiger partial charge < -0.3 is 10.5 Å². The third-order valence-corrected chi connectivity index (χ3v) is 4.18. The first-order valence-electron chi connectivity index (χ1n) is 5.88. The number of nitrogens with two attached hydrogens (primary N) is 1. The van der Waals surface area contributed by atoms with Crippen molar-refractivity contribution in [1.29, 1.82) is 0 Å². The lowest BCUT2D eigenvalue weighted by atomic mass is 10.3. The van der Waals surface area contributed by atoms with E-state index < -0.39 is 16.6 Å². The first kappa shape index (κ1) is 14.8. The van der Waals surface area contributed by atoms with E-state index in [0.717, 1.165) is 0 Å². The highest BCUT2D eigenvalue weighted by Gasteiger charge is 2.07. The summed E-state index contributed by atoms with van der Waals surface area (Å²) in [5, 5.41) is -0.0321. The molecule has 20 heavy (non-hydrogen) atoms. The van der Waals surface area contributed by atoms with Crippen LogP contribution < -0.4 is 10.5 Å². The van der Waals surface area contributed by atoms with E-state index in [4.69, 9.17) is 22.1 Å². The van der Waals surface area contributed by atoms with Crippen molar-refractivity contribution >= 4 is 28.1 Å². The molecular formula is C14H13ClFNO2S. The molecule has 2 N–H and O–H groups in total. The number of benzene rings is 2. The molecule has 0 aliphatic carbocycles. The Morgan fingerprint density at radius 2 is 1.90 bits per heavy atom. The molecule has 0 aliphatic rings. The van der Waals surface area contributed by atoms with Crippen molar-refractivity contribution in [2.24, 2.45) is 0 Å². The van der Waals surface area contributed by atoms with Crippen molar-refractivity contribution in [2.45, 2.75) is 4.90 Å². The summed E-state index contributed by atoms with van der Waals surface area (Å²) < 4.78 is 30.4. The maximum atomic E-state index is 13.0. The van der Waals surface area contributed by atoms with Crippen LogP contribution in [0.5, 0.6) is 5.75 Å². The molecule has 0 heterocycles. The fraction of sp³-hybridized carbons (Fsp3) is 0.143. The lowest BCUT2D eigenvalue weighted by Crippen LogP contribution is -2.08. The van der Waals surface area contributed by atoms with Gasteiger partial charge in [0.2, 0.25) is 0 Å². The summed E-state index contributed by atoms with van der Waals surface area (Å²) in [4.78, 5) is 0.484. The van der Waals surface area contributed by atoms with Crippen LogP contribution in [-0.4, -0.2) is 16.6 Å². The third kappa shape index (κ3) is 3.95. The van der Waals surface area contributed by atoms with E-state index in [1.807, 2.05) is 0 Å². The van der Waals surface area contributed by atoms with Crippen LogP contribution in [0.4, 0.5) is 10.1 Å². The molecule has 3 nitrogen and oxygen atoms in total. The normalized spacial score (nSPS) is 12.1. The SMILES string of the molecule is Nc1ccc(OCCS(=O)c2ccc(F)c(Cl)c2)cc1. The summed E-state index contributed by atoms with van der Waals surface area (Å²) in [6.45, 7) is 0.283. The van der Waals surface area contributed by atoms with Gasteiger partial charge in [0.05, 0.1) is 21.6 Å². The summed E-state index contributed by atoms with van der Waals surface area (Å²) in [7, 11) is -1.28.